The van der Waals surface area contributed by atoms with Crippen molar-refractivity contribution in [3.63, 3.8) is 0 Å². The van der Waals surface area contributed by atoms with Crippen LogP contribution in [0.1, 0.15) is 22.5 Å². The summed E-state index contributed by atoms with van der Waals surface area (Å²) in [5.74, 6) is 2.03. The fraction of sp³-hybridized carbons (Fsp3) is 0.176. The highest BCUT2D eigenvalue weighted by Gasteiger charge is 2.26. The molecule has 3 aromatic rings. The van der Waals surface area contributed by atoms with Gasteiger partial charge in [0.15, 0.2) is 5.82 Å². The smallest absolute Gasteiger partial charge is 0.152 e. The molecule has 6 heteroatoms. The number of rotatable bonds is 2. The second kappa shape index (κ2) is 6.19. The molecule has 0 fully saturated rings. The van der Waals surface area contributed by atoms with Crippen LogP contribution >= 0.6 is 35.0 Å². The molecule has 2 aromatic carbocycles. The lowest BCUT2D eigenvalue weighted by atomic mass is 10.1. The molecule has 0 radical (unpaired) electrons. The van der Waals surface area contributed by atoms with Crippen molar-refractivity contribution in [2.75, 3.05) is 0 Å². The van der Waals surface area contributed by atoms with Crippen molar-refractivity contribution >= 4 is 35.0 Å². The van der Waals surface area contributed by atoms with Crippen LogP contribution < -0.4 is 0 Å². The van der Waals surface area contributed by atoms with Crippen LogP contribution in [0.25, 0.3) is 5.69 Å². The molecule has 23 heavy (non-hydrogen) atoms. The number of thioether (sulfide) groups is 1. The van der Waals surface area contributed by atoms with Crippen molar-refractivity contribution in [1.29, 1.82) is 0 Å². The maximum absolute atomic E-state index is 6.22. The number of alkyl halides is 1. The van der Waals surface area contributed by atoms with E-state index < -0.39 is 0 Å². The van der Waals surface area contributed by atoms with Crippen molar-refractivity contribution < 1.29 is 0 Å². The van der Waals surface area contributed by atoms with E-state index in [1.165, 1.54) is 5.56 Å². The number of nitrogens with zero attached hydrogens (tertiary/aromatic N) is 3. The monoisotopic (exact) mass is 361 g/mol. The molecule has 0 N–H and O–H groups in total. The van der Waals surface area contributed by atoms with Crippen LogP contribution in [0.3, 0.4) is 0 Å². The number of halogens is 2. The molecule has 1 unspecified atom stereocenters. The molecule has 1 aliphatic heterocycles. The topological polar surface area (TPSA) is 30.7 Å². The summed E-state index contributed by atoms with van der Waals surface area (Å²) in [6, 6.07) is 16.4. The summed E-state index contributed by atoms with van der Waals surface area (Å²) in [6.07, 6.45) is 0.796. The summed E-state index contributed by atoms with van der Waals surface area (Å²) in [5, 5.41) is 9.61. The average molecular weight is 362 g/mol. The Morgan fingerprint density at radius 2 is 1.96 bits per heavy atom. The highest BCUT2D eigenvalue weighted by Crippen LogP contribution is 2.44. The third-order valence-electron chi connectivity index (χ3n) is 3.89. The molecule has 0 aliphatic carbocycles. The Labute approximate surface area is 148 Å². The van der Waals surface area contributed by atoms with Crippen LogP contribution in [-0.4, -0.2) is 14.8 Å². The molecule has 0 bridgehead atoms. The molecular weight excluding hydrogens is 349 g/mol. The third-order valence-corrected chi connectivity index (χ3v) is 5.67. The molecule has 0 amide bonds. The molecule has 2 heterocycles. The Hall–Kier alpha value is -1.49. The van der Waals surface area contributed by atoms with Crippen molar-refractivity contribution in [3.05, 3.63) is 70.8 Å². The fourth-order valence-electron chi connectivity index (χ4n) is 2.83. The maximum atomic E-state index is 6.22. The second-order valence-corrected chi connectivity index (χ2v) is 7.28. The SMILES string of the molecule is ClCc1nnc2n1-c1ccc(Cl)cc1SC(c1ccccc1)C2. The molecule has 1 aliphatic rings. The summed E-state index contributed by atoms with van der Waals surface area (Å²) < 4.78 is 2.06. The highest BCUT2D eigenvalue weighted by molar-refractivity contribution is 7.99. The average Bonchev–Trinajstić information content (AvgIpc) is 2.90. The minimum Gasteiger partial charge on any atom is -0.281 e. The van der Waals surface area contributed by atoms with Gasteiger partial charge >= 0.3 is 0 Å². The standard InChI is InChI=1S/C17H13Cl2N3S/c18-10-17-21-20-16-9-14(11-4-2-1-3-5-11)23-15-8-12(19)6-7-13(15)22(16)17/h1-8,14H,9-10H2. The lowest BCUT2D eigenvalue weighted by Gasteiger charge is -2.14. The van der Waals surface area contributed by atoms with Gasteiger partial charge in [0.1, 0.15) is 5.82 Å². The van der Waals surface area contributed by atoms with E-state index in [1.54, 1.807) is 0 Å². The van der Waals surface area contributed by atoms with E-state index in [1.807, 2.05) is 36.0 Å². The van der Waals surface area contributed by atoms with Gasteiger partial charge in [0.25, 0.3) is 0 Å². The largest absolute Gasteiger partial charge is 0.281 e. The molecule has 0 spiro atoms. The first-order valence-electron chi connectivity index (χ1n) is 7.27. The van der Waals surface area contributed by atoms with Gasteiger partial charge in [-0.15, -0.1) is 33.6 Å². The van der Waals surface area contributed by atoms with Gasteiger partial charge in [-0.3, -0.25) is 4.57 Å². The zero-order chi connectivity index (χ0) is 15.8. The number of fused-ring (bicyclic) bond motifs is 3. The van der Waals surface area contributed by atoms with Gasteiger partial charge in [0.2, 0.25) is 0 Å². The van der Waals surface area contributed by atoms with E-state index in [9.17, 15) is 0 Å². The number of hydrogen-bond acceptors (Lipinski definition) is 3. The van der Waals surface area contributed by atoms with E-state index in [4.69, 9.17) is 23.2 Å². The molecule has 1 atom stereocenters. The first kappa shape index (κ1) is 15.1. The van der Waals surface area contributed by atoms with Crippen LogP contribution in [0, 0.1) is 0 Å². The predicted molar refractivity (Wildman–Crippen MR) is 94.7 cm³/mol. The van der Waals surface area contributed by atoms with E-state index in [0.29, 0.717) is 5.88 Å². The Balaban J connectivity index is 1.89. The lowest BCUT2D eigenvalue weighted by Crippen LogP contribution is -2.05. The van der Waals surface area contributed by atoms with Gasteiger partial charge in [0, 0.05) is 21.6 Å². The van der Waals surface area contributed by atoms with E-state index >= 15 is 0 Å². The van der Waals surface area contributed by atoms with Crippen LogP contribution in [-0.2, 0) is 12.3 Å². The number of hydrogen-bond donors (Lipinski definition) is 0. The summed E-state index contributed by atoms with van der Waals surface area (Å²) in [7, 11) is 0. The highest BCUT2D eigenvalue weighted by atomic mass is 35.5. The minimum atomic E-state index is 0.266. The van der Waals surface area contributed by atoms with E-state index in [2.05, 4.69) is 39.0 Å². The Morgan fingerprint density at radius 1 is 1.13 bits per heavy atom. The summed E-state index contributed by atoms with van der Waals surface area (Å²) in [4.78, 5) is 1.12. The minimum absolute atomic E-state index is 0.266. The van der Waals surface area contributed by atoms with E-state index in [-0.39, 0.29) is 5.25 Å². The molecule has 0 saturated heterocycles. The van der Waals surface area contributed by atoms with Crippen LogP contribution in [0.2, 0.25) is 5.02 Å². The normalized spacial score (nSPS) is 16.5. The summed E-state index contributed by atoms with van der Waals surface area (Å²) in [6.45, 7) is 0. The van der Waals surface area contributed by atoms with Gasteiger partial charge in [-0.2, -0.15) is 0 Å². The Morgan fingerprint density at radius 3 is 2.74 bits per heavy atom. The van der Waals surface area contributed by atoms with Crippen LogP contribution in [0.5, 0.6) is 0 Å². The first-order chi connectivity index (χ1) is 11.3. The number of aromatic nitrogens is 3. The fourth-order valence-corrected chi connectivity index (χ4v) is 4.55. The lowest BCUT2D eigenvalue weighted by molar-refractivity contribution is 0.809. The molecule has 1 aromatic heterocycles. The first-order valence-corrected chi connectivity index (χ1v) is 9.06. The van der Waals surface area contributed by atoms with Crippen molar-refractivity contribution in [2.24, 2.45) is 0 Å². The van der Waals surface area contributed by atoms with Gasteiger partial charge in [-0.1, -0.05) is 41.9 Å². The van der Waals surface area contributed by atoms with Crippen LogP contribution in [0.4, 0.5) is 0 Å². The summed E-state index contributed by atoms with van der Waals surface area (Å²) >= 11 is 14.1. The molecule has 0 saturated carbocycles. The van der Waals surface area contributed by atoms with Crippen molar-refractivity contribution in [2.45, 2.75) is 22.4 Å². The maximum Gasteiger partial charge on any atom is 0.152 e. The molecule has 116 valence electrons. The molecule has 3 nitrogen and oxygen atoms in total. The quantitative estimate of drug-likeness (QED) is 0.598. The molecule has 4 rings (SSSR count). The van der Waals surface area contributed by atoms with Crippen molar-refractivity contribution in [3.8, 4) is 5.69 Å². The second-order valence-electron chi connectivity index (χ2n) is 5.33. The third kappa shape index (κ3) is 2.75. The van der Waals surface area contributed by atoms with Gasteiger partial charge in [-0.25, -0.2) is 0 Å². The zero-order valence-electron chi connectivity index (χ0n) is 12.1. The summed E-state index contributed by atoms with van der Waals surface area (Å²) in [5.41, 5.74) is 2.32. The van der Waals surface area contributed by atoms with Gasteiger partial charge < -0.3 is 0 Å². The zero-order valence-corrected chi connectivity index (χ0v) is 14.4. The van der Waals surface area contributed by atoms with Gasteiger partial charge in [0.05, 0.1) is 11.6 Å². The predicted octanol–water partition coefficient (Wildman–Crippen LogP) is 5.05. The van der Waals surface area contributed by atoms with Crippen LogP contribution in [0.15, 0.2) is 53.4 Å². The Bertz CT molecular complexity index is 848. The Kier molecular flexibility index (Phi) is 4.05. The molecular formula is C17H13Cl2N3S. The number of benzene rings is 2. The van der Waals surface area contributed by atoms with E-state index in [0.717, 1.165) is 33.7 Å². The van der Waals surface area contributed by atoms with Gasteiger partial charge in [-0.05, 0) is 23.8 Å². The van der Waals surface area contributed by atoms with Crippen molar-refractivity contribution in [1.82, 2.24) is 14.8 Å².